The van der Waals surface area contributed by atoms with Gasteiger partial charge in [0.05, 0.1) is 6.10 Å². The highest BCUT2D eigenvalue weighted by Gasteiger charge is 2.38. The van der Waals surface area contributed by atoms with Crippen LogP contribution in [-0.4, -0.2) is 30.6 Å². The smallest absolute Gasteiger partial charge is 0.120 e. The first kappa shape index (κ1) is 14.9. The molecule has 1 aliphatic carbocycles. The molecule has 2 N–H and O–H groups in total. The molecular formula is C18H28N2O. The summed E-state index contributed by atoms with van der Waals surface area (Å²) in [7, 11) is 0. The van der Waals surface area contributed by atoms with Crippen LogP contribution in [0.15, 0.2) is 24.3 Å². The van der Waals surface area contributed by atoms with Gasteiger partial charge in [-0.15, -0.1) is 0 Å². The van der Waals surface area contributed by atoms with Crippen molar-refractivity contribution in [3.8, 4) is 5.75 Å². The van der Waals surface area contributed by atoms with E-state index in [1.165, 1.54) is 37.9 Å². The molecule has 3 rings (SSSR count). The first-order chi connectivity index (χ1) is 10.2. The standard InChI is InChI=1S/C18H28N2O/c1-13(2)21-17-8-4-5-14(9-17)18(10-19)20-11-15-6-3-7-16(15)12-20/h4-5,8-9,13,15-16,18H,3,6-7,10-12,19H2,1-2H3. The number of fused-ring (bicyclic) bond motifs is 1. The zero-order valence-corrected chi connectivity index (χ0v) is 13.3. The predicted octanol–water partition coefficient (Wildman–Crippen LogP) is 3.21. The van der Waals surface area contributed by atoms with E-state index in [1.54, 1.807) is 0 Å². The molecule has 3 atom stereocenters. The largest absolute Gasteiger partial charge is 0.491 e. The Hall–Kier alpha value is -1.06. The van der Waals surface area contributed by atoms with E-state index < -0.39 is 0 Å². The molecule has 3 unspecified atom stereocenters. The summed E-state index contributed by atoms with van der Waals surface area (Å²) in [6.07, 6.45) is 4.46. The Morgan fingerprint density at radius 3 is 2.57 bits per heavy atom. The molecular weight excluding hydrogens is 260 g/mol. The van der Waals surface area contributed by atoms with Gasteiger partial charge in [-0.25, -0.2) is 0 Å². The first-order valence-electron chi connectivity index (χ1n) is 8.38. The van der Waals surface area contributed by atoms with Crippen LogP contribution in [0.3, 0.4) is 0 Å². The lowest BCUT2D eigenvalue weighted by molar-refractivity contribution is 0.227. The Bertz CT molecular complexity index is 462. The number of hydrogen-bond acceptors (Lipinski definition) is 3. The number of ether oxygens (including phenoxy) is 1. The predicted molar refractivity (Wildman–Crippen MR) is 86.4 cm³/mol. The second-order valence-electron chi connectivity index (χ2n) is 6.90. The summed E-state index contributed by atoms with van der Waals surface area (Å²) in [5, 5.41) is 0. The summed E-state index contributed by atoms with van der Waals surface area (Å²) in [5.41, 5.74) is 7.41. The Labute approximate surface area is 128 Å². The van der Waals surface area contributed by atoms with Crippen LogP contribution in [0, 0.1) is 11.8 Å². The molecule has 0 amide bonds. The Morgan fingerprint density at radius 2 is 1.95 bits per heavy atom. The molecule has 2 aliphatic rings. The Morgan fingerprint density at radius 1 is 1.24 bits per heavy atom. The lowest BCUT2D eigenvalue weighted by atomic mass is 10.0. The maximum absolute atomic E-state index is 6.10. The van der Waals surface area contributed by atoms with E-state index in [1.807, 2.05) is 6.07 Å². The Kier molecular flexibility index (Phi) is 4.51. The summed E-state index contributed by atoms with van der Waals surface area (Å²) >= 11 is 0. The van der Waals surface area contributed by atoms with Gasteiger partial charge < -0.3 is 10.5 Å². The van der Waals surface area contributed by atoms with Crippen LogP contribution in [0.2, 0.25) is 0 Å². The van der Waals surface area contributed by atoms with E-state index in [-0.39, 0.29) is 6.10 Å². The summed E-state index contributed by atoms with van der Waals surface area (Å²) < 4.78 is 5.83. The zero-order chi connectivity index (χ0) is 14.8. The van der Waals surface area contributed by atoms with Crippen molar-refractivity contribution >= 4 is 0 Å². The zero-order valence-electron chi connectivity index (χ0n) is 13.3. The highest BCUT2D eigenvalue weighted by molar-refractivity contribution is 5.31. The lowest BCUT2D eigenvalue weighted by Crippen LogP contribution is -2.32. The average Bonchev–Trinajstić information content (AvgIpc) is 3.00. The molecule has 1 saturated carbocycles. The van der Waals surface area contributed by atoms with Gasteiger partial charge in [-0.3, -0.25) is 4.90 Å². The fourth-order valence-electron chi connectivity index (χ4n) is 4.09. The quantitative estimate of drug-likeness (QED) is 0.904. The van der Waals surface area contributed by atoms with Crippen LogP contribution in [0.25, 0.3) is 0 Å². The fraction of sp³-hybridized carbons (Fsp3) is 0.667. The molecule has 1 heterocycles. The SMILES string of the molecule is CC(C)Oc1cccc(C(CN)N2CC3CCCC3C2)c1. The van der Waals surface area contributed by atoms with Crippen LogP contribution >= 0.6 is 0 Å². The number of hydrogen-bond donors (Lipinski definition) is 1. The van der Waals surface area contributed by atoms with Crippen LogP contribution in [0.1, 0.15) is 44.7 Å². The van der Waals surface area contributed by atoms with Crippen LogP contribution in [-0.2, 0) is 0 Å². The van der Waals surface area contributed by atoms with Gasteiger partial charge in [-0.1, -0.05) is 18.6 Å². The van der Waals surface area contributed by atoms with E-state index in [0.717, 1.165) is 17.6 Å². The normalized spacial score (nSPS) is 27.0. The van der Waals surface area contributed by atoms with Gasteiger partial charge in [0.25, 0.3) is 0 Å². The van der Waals surface area contributed by atoms with Gasteiger partial charge >= 0.3 is 0 Å². The van der Waals surface area contributed by atoms with Crippen LogP contribution < -0.4 is 10.5 Å². The third kappa shape index (κ3) is 3.24. The van der Waals surface area contributed by atoms with Crippen molar-refractivity contribution in [1.82, 2.24) is 4.90 Å². The lowest BCUT2D eigenvalue weighted by Gasteiger charge is -2.28. The molecule has 0 bridgehead atoms. The second-order valence-corrected chi connectivity index (χ2v) is 6.90. The first-order valence-corrected chi connectivity index (χ1v) is 8.38. The highest BCUT2D eigenvalue weighted by atomic mass is 16.5. The average molecular weight is 288 g/mol. The van der Waals surface area contributed by atoms with Gasteiger partial charge in [-0.2, -0.15) is 0 Å². The van der Waals surface area contributed by atoms with Crippen molar-refractivity contribution in [2.45, 2.75) is 45.3 Å². The minimum Gasteiger partial charge on any atom is -0.491 e. The third-order valence-electron chi connectivity index (χ3n) is 5.03. The van der Waals surface area contributed by atoms with Gasteiger partial charge in [0, 0.05) is 25.7 Å². The van der Waals surface area contributed by atoms with Crippen molar-refractivity contribution in [1.29, 1.82) is 0 Å². The van der Waals surface area contributed by atoms with E-state index in [2.05, 4.69) is 36.9 Å². The summed E-state index contributed by atoms with van der Waals surface area (Å²) in [6.45, 7) is 7.26. The van der Waals surface area contributed by atoms with E-state index in [9.17, 15) is 0 Å². The summed E-state index contributed by atoms with van der Waals surface area (Å²) in [4.78, 5) is 2.60. The van der Waals surface area contributed by atoms with Crippen molar-refractivity contribution in [2.75, 3.05) is 19.6 Å². The number of nitrogens with zero attached hydrogens (tertiary/aromatic N) is 1. The minimum absolute atomic E-state index is 0.211. The van der Waals surface area contributed by atoms with Gasteiger partial charge in [0.2, 0.25) is 0 Å². The molecule has 3 heteroatoms. The van der Waals surface area contributed by atoms with Crippen molar-refractivity contribution in [2.24, 2.45) is 17.6 Å². The molecule has 1 aliphatic heterocycles. The fourth-order valence-corrected chi connectivity index (χ4v) is 4.09. The molecule has 0 spiro atoms. The monoisotopic (exact) mass is 288 g/mol. The minimum atomic E-state index is 0.211. The van der Waals surface area contributed by atoms with Crippen molar-refractivity contribution in [3.05, 3.63) is 29.8 Å². The van der Waals surface area contributed by atoms with Crippen LogP contribution in [0.4, 0.5) is 0 Å². The topological polar surface area (TPSA) is 38.5 Å². The molecule has 1 aromatic carbocycles. The number of likely N-dealkylation sites (tertiary alicyclic amines) is 1. The van der Waals surface area contributed by atoms with Crippen LogP contribution in [0.5, 0.6) is 5.75 Å². The molecule has 3 nitrogen and oxygen atoms in total. The summed E-state index contributed by atoms with van der Waals surface area (Å²) in [5.74, 6) is 2.78. The van der Waals surface area contributed by atoms with Crippen molar-refractivity contribution in [3.63, 3.8) is 0 Å². The molecule has 21 heavy (non-hydrogen) atoms. The molecule has 0 aromatic heterocycles. The molecule has 116 valence electrons. The highest BCUT2D eigenvalue weighted by Crippen LogP contribution is 2.40. The van der Waals surface area contributed by atoms with Gasteiger partial charge in [0.1, 0.15) is 5.75 Å². The molecule has 1 aromatic rings. The van der Waals surface area contributed by atoms with Gasteiger partial charge in [-0.05, 0) is 56.2 Å². The maximum atomic E-state index is 6.10. The number of benzene rings is 1. The Balaban J connectivity index is 1.74. The van der Waals surface area contributed by atoms with E-state index in [0.29, 0.717) is 12.6 Å². The summed E-state index contributed by atoms with van der Waals surface area (Å²) in [6, 6.07) is 8.83. The van der Waals surface area contributed by atoms with Crippen molar-refractivity contribution < 1.29 is 4.74 Å². The van der Waals surface area contributed by atoms with E-state index in [4.69, 9.17) is 10.5 Å². The molecule has 0 radical (unpaired) electrons. The maximum Gasteiger partial charge on any atom is 0.120 e. The second kappa shape index (κ2) is 6.37. The molecule has 2 fully saturated rings. The van der Waals surface area contributed by atoms with E-state index >= 15 is 0 Å². The molecule has 1 saturated heterocycles. The number of nitrogens with two attached hydrogens (primary N) is 1. The number of rotatable bonds is 5. The van der Waals surface area contributed by atoms with Gasteiger partial charge in [0.15, 0.2) is 0 Å². The third-order valence-corrected chi connectivity index (χ3v) is 5.03.